The third kappa shape index (κ3) is 2.73. The number of hydrogen-bond acceptors (Lipinski definition) is 5. The minimum atomic E-state index is -0.148. The third-order valence-corrected chi connectivity index (χ3v) is 4.57. The molecule has 4 rings (SSSR count). The molecule has 0 aromatic heterocycles. The van der Waals surface area contributed by atoms with Crippen LogP contribution in [0.1, 0.15) is 23.5 Å². The predicted molar refractivity (Wildman–Crippen MR) is 92.1 cm³/mol. The van der Waals surface area contributed by atoms with E-state index in [0.29, 0.717) is 31.1 Å². The number of amides is 1. The number of benzene rings is 2. The standard InChI is InChI=1S/C19H19NO5/c1-22-11-3-4-16(23-2)14(7-11)12-9-19(21)20-15-10-18-17(8-13(12)15)24-5-6-25-18/h3-4,7-8,10,12H,5-6,9H2,1-2H3,(H,20,21)/t12-/m1/s1. The number of hydrogen-bond donors (Lipinski definition) is 1. The van der Waals surface area contributed by atoms with Crippen molar-refractivity contribution in [3.8, 4) is 23.0 Å². The zero-order valence-electron chi connectivity index (χ0n) is 14.1. The maximum absolute atomic E-state index is 12.3. The molecule has 2 aromatic carbocycles. The summed E-state index contributed by atoms with van der Waals surface area (Å²) in [4.78, 5) is 12.3. The van der Waals surface area contributed by atoms with Gasteiger partial charge in [0.15, 0.2) is 11.5 Å². The van der Waals surface area contributed by atoms with E-state index in [9.17, 15) is 4.79 Å². The van der Waals surface area contributed by atoms with Gasteiger partial charge in [-0.15, -0.1) is 0 Å². The van der Waals surface area contributed by atoms with Crippen molar-refractivity contribution < 1.29 is 23.7 Å². The zero-order valence-corrected chi connectivity index (χ0v) is 14.1. The van der Waals surface area contributed by atoms with Crippen LogP contribution >= 0.6 is 0 Å². The topological polar surface area (TPSA) is 66.0 Å². The van der Waals surface area contributed by atoms with Crippen LogP contribution in [0.25, 0.3) is 0 Å². The van der Waals surface area contributed by atoms with E-state index in [0.717, 1.165) is 28.3 Å². The minimum absolute atomic E-state index is 0.0425. The highest BCUT2D eigenvalue weighted by molar-refractivity contribution is 5.96. The average molecular weight is 341 g/mol. The average Bonchev–Trinajstić information content (AvgIpc) is 2.65. The Morgan fingerprint density at radius 2 is 1.76 bits per heavy atom. The molecule has 1 atom stereocenters. The molecule has 2 aliphatic rings. The summed E-state index contributed by atoms with van der Waals surface area (Å²) in [6.07, 6.45) is 0.330. The minimum Gasteiger partial charge on any atom is -0.497 e. The zero-order chi connectivity index (χ0) is 17.4. The molecule has 0 bridgehead atoms. The molecule has 2 aliphatic heterocycles. The Labute approximate surface area is 145 Å². The van der Waals surface area contributed by atoms with E-state index in [1.54, 1.807) is 14.2 Å². The van der Waals surface area contributed by atoms with E-state index >= 15 is 0 Å². The van der Waals surface area contributed by atoms with Crippen LogP contribution in [0.3, 0.4) is 0 Å². The first-order chi connectivity index (χ1) is 12.2. The number of ether oxygens (including phenoxy) is 4. The highest BCUT2D eigenvalue weighted by Gasteiger charge is 2.31. The fourth-order valence-electron chi connectivity index (χ4n) is 3.39. The lowest BCUT2D eigenvalue weighted by Crippen LogP contribution is -2.25. The molecule has 0 saturated heterocycles. The van der Waals surface area contributed by atoms with Crippen molar-refractivity contribution in [1.82, 2.24) is 0 Å². The van der Waals surface area contributed by atoms with E-state index in [1.165, 1.54) is 0 Å². The summed E-state index contributed by atoms with van der Waals surface area (Å²) in [6, 6.07) is 9.41. The lowest BCUT2D eigenvalue weighted by molar-refractivity contribution is -0.116. The van der Waals surface area contributed by atoms with Gasteiger partial charge in [-0.05, 0) is 29.8 Å². The summed E-state index contributed by atoms with van der Waals surface area (Å²) in [5, 5.41) is 2.93. The fraction of sp³-hybridized carbons (Fsp3) is 0.316. The van der Waals surface area contributed by atoms with Gasteiger partial charge in [0.25, 0.3) is 0 Å². The Morgan fingerprint density at radius 1 is 1.00 bits per heavy atom. The SMILES string of the molecule is COc1ccc(OC)c([C@@H]2CC(=O)Nc3cc4c(cc32)OCCO4)c1. The lowest BCUT2D eigenvalue weighted by Gasteiger charge is -2.29. The predicted octanol–water partition coefficient (Wildman–Crippen LogP) is 2.95. The van der Waals surface area contributed by atoms with E-state index < -0.39 is 0 Å². The highest BCUT2D eigenvalue weighted by atomic mass is 16.6. The molecule has 0 unspecified atom stereocenters. The Balaban J connectivity index is 1.86. The van der Waals surface area contributed by atoms with Gasteiger partial charge in [-0.1, -0.05) is 0 Å². The van der Waals surface area contributed by atoms with Gasteiger partial charge in [-0.25, -0.2) is 0 Å². The van der Waals surface area contributed by atoms with Crippen LogP contribution in [0.2, 0.25) is 0 Å². The van der Waals surface area contributed by atoms with Crippen LogP contribution in [0.4, 0.5) is 5.69 Å². The highest BCUT2D eigenvalue weighted by Crippen LogP contribution is 2.46. The molecule has 0 spiro atoms. The quantitative estimate of drug-likeness (QED) is 0.930. The van der Waals surface area contributed by atoms with Gasteiger partial charge in [0, 0.05) is 29.7 Å². The monoisotopic (exact) mass is 341 g/mol. The molecular formula is C19H19NO5. The van der Waals surface area contributed by atoms with Crippen molar-refractivity contribution in [1.29, 1.82) is 0 Å². The van der Waals surface area contributed by atoms with Crippen molar-refractivity contribution >= 4 is 11.6 Å². The first kappa shape index (κ1) is 15.6. The molecule has 2 aromatic rings. The number of fused-ring (bicyclic) bond motifs is 2. The van der Waals surface area contributed by atoms with E-state index in [-0.39, 0.29) is 11.8 Å². The fourth-order valence-corrected chi connectivity index (χ4v) is 3.39. The molecule has 1 N–H and O–H groups in total. The second-order valence-corrected chi connectivity index (χ2v) is 6.00. The number of nitrogens with one attached hydrogen (secondary N) is 1. The second kappa shape index (κ2) is 6.20. The Hall–Kier alpha value is -2.89. The molecule has 0 saturated carbocycles. The third-order valence-electron chi connectivity index (χ3n) is 4.57. The molecule has 130 valence electrons. The summed E-state index contributed by atoms with van der Waals surface area (Å²) in [5.74, 6) is 2.61. The Kier molecular flexibility index (Phi) is 3.87. The molecule has 0 aliphatic carbocycles. The Morgan fingerprint density at radius 3 is 2.48 bits per heavy atom. The summed E-state index contributed by atoms with van der Waals surface area (Å²) in [5.41, 5.74) is 2.64. The number of carbonyl (C=O) groups is 1. The van der Waals surface area contributed by atoms with Gasteiger partial charge < -0.3 is 24.3 Å². The van der Waals surface area contributed by atoms with Crippen molar-refractivity contribution in [2.75, 3.05) is 32.8 Å². The van der Waals surface area contributed by atoms with Crippen LogP contribution in [0.15, 0.2) is 30.3 Å². The second-order valence-electron chi connectivity index (χ2n) is 6.00. The number of anilines is 1. The number of carbonyl (C=O) groups excluding carboxylic acids is 1. The maximum atomic E-state index is 12.3. The number of rotatable bonds is 3. The smallest absolute Gasteiger partial charge is 0.225 e. The summed E-state index contributed by atoms with van der Waals surface area (Å²) >= 11 is 0. The molecule has 6 nitrogen and oxygen atoms in total. The van der Waals surface area contributed by atoms with Gasteiger partial charge in [-0.2, -0.15) is 0 Å². The largest absolute Gasteiger partial charge is 0.497 e. The van der Waals surface area contributed by atoms with E-state index in [4.69, 9.17) is 18.9 Å². The van der Waals surface area contributed by atoms with Gasteiger partial charge >= 0.3 is 0 Å². The summed E-state index contributed by atoms with van der Waals surface area (Å²) in [7, 11) is 3.24. The van der Waals surface area contributed by atoms with Crippen LogP contribution in [-0.2, 0) is 4.79 Å². The van der Waals surface area contributed by atoms with E-state index in [2.05, 4.69) is 5.32 Å². The molecule has 25 heavy (non-hydrogen) atoms. The molecule has 0 radical (unpaired) electrons. The molecular weight excluding hydrogens is 322 g/mol. The maximum Gasteiger partial charge on any atom is 0.225 e. The van der Waals surface area contributed by atoms with Crippen LogP contribution in [-0.4, -0.2) is 33.3 Å². The summed E-state index contributed by atoms with van der Waals surface area (Å²) < 4.78 is 22.2. The van der Waals surface area contributed by atoms with Gasteiger partial charge in [0.1, 0.15) is 24.7 Å². The van der Waals surface area contributed by atoms with Gasteiger partial charge in [0.05, 0.1) is 14.2 Å². The molecule has 2 heterocycles. The van der Waals surface area contributed by atoms with Crippen LogP contribution < -0.4 is 24.3 Å². The molecule has 0 fully saturated rings. The van der Waals surface area contributed by atoms with Crippen molar-refractivity contribution in [2.45, 2.75) is 12.3 Å². The van der Waals surface area contributed by atoms with E-state index in [1.807, 2.05) is 30.3 Å². The van der Waals surface area contributed by atoms with Crippen LogP contribution in [0, 0.1) is 0 Å². The van der Waals surface area contributed by atoms with Crippen LogP contribution in [0.5, 0.6) is 23.0 Å². The van der Waals surface area contributed by atoms with Crippen molar-refractivity contribution in [3.05, 3.63) is 41.5 Å². The van der Waals surface area contributed by atoms with Crippen molar-refractivity contribution in [2.24, 2.45) is 0 Å². The van der Waals surface area contributed by atoms with Gasteiger partial charge in [0.2, 0.25) is 5.91 Å². The number of methoxy groups -OCH3 is 2. The lowest BCUT2D eigenvalue weighted by atomic mass is 9.84. The Bertz CT molecular complexity index is 833. The molecule has 6 heteroatoms. The molecule has 1 amide bonds. The normalized spacial score (nSPS) is 18.2. The van der Waals surface area contributed by atoms with Crippen molar-refractivity contribution in [3.63, 3.8) is 0 Å². The first-order valence-corrected chi connectivity index (χ1v) is 8.15. The summed E-state index contributed by atoms with van der Waals surface area (Å²) in [6.45, 7) is 1.03. The first-order valence-electron chi connectivity index (χ1n) is 8.15. The van der Waals surface area contributed by atoms with Gasteiger partial charge in [-0.3, -0.25) is 4.79 Å².